The molecule has 20 heavy (non-hydrogen) atoms. The lowest BCUT2D eigenvalue weighted by molar-refractivity contribution is -0.384. The van der Waals surface area contributed by atoms with Gasteiger partial charge in [0.15, 0.2) is 0 Å². The van der Waals surface area contributed by atoms with Crippen LogP contribution in [0.2, 0.25) is 0 Å². The quantitative estimate of drug-likeness (QED) is 0.473. The molecule has 0 fully saturated rings. The topological polar surface area (TPSA) is 55.5 Å². The van der Waals surface area contributed by atoms with Gasteiger partial charge in [-0.2, -0.15) is 0 Å². The molecule has 0 heterocycles. The van der Waals surface area contributed by atoms with E-state index in [2.05, 4.69) is 4.99 Å². The molecule has 0 spiro atoms. The lowest BCUT2D eigenvalue weighted by atomic mass is 10.1. The molecule has 0 bridgehead atoms. The van der Waals surface area contributed by atoms with Gasteiger partial charge < -0.3 is 0 Å². The maximum atomic E-state index is 10.6. The van der Waals surface area contributed by atoms with Crippen molar-refractivity contribution in [1.29, 1.82) is 0 Å². The van der Waals surface area contributed by atoms with Gasteiger partial charge in [-0.1, -0.05) is 29.8 Å². The normalized spacial score (nSPS) is 11.4. The van der Waals surface area contributed by atoms with Gasteiger partial charge in [-0.15, -0.1) is 0 Å². The number of benzene rings is 2. The van der Waals surface area contributed by atoms with Crippen molar-refractivity contribution in [3.63, 3.8) is 0 Å². The first kappa shape index (κ1) is 14.2. The average molecular weight is 289 g/mol. The van der Waals surface area contributed by atoms with E-state index in [1.165, 1.54) is 12.1 Å². The molecule has 0 N–H and O–H groups in total. The van der Waals surface area contributed by atoms with Crippen LogP contribution >= 0.6 is 11.6 Å². The van der Waals surface area contributed by atoms with Crippen molar-refractivity contribution >= 4 is 28.1 Å². The minimum atomic E-state index is -0.444. The van der Waals surface area contributed by atoms with E-state index in [9.17, 15) is 10.1 Å². The molecule has 2 rings (SSSR count). The van der Waals surface area contributed by atoms with E-state index in [1.807, 2.05) is 32.0 Å². The minimum Gasteiger partial charge on any atom is -0.258 e. The monoisotopic (exact) mass is 288 g/mol. The Morgan fingerprint density at radius 1 is 1.10 bits per heavy atom. The first-order valence-electron chi connectivity index (χ1n) is 6.04. The summed E-state index contributed by atoms with van der Waals surface area (Å²) in [5.41, 5.74) is 3.58. The lowest BCUT2D eigenvalue weighted by Gasteiger charge is -2.05. The summed E-state index contributed by atoms with van der Waals surface area (Å²) in [5.74, 6) is 0. The Kier molecular flexibility index (Phi) is 4.15. The highest BCUT2D eigenvalue weighted by Crippen LogP contribution is 2.25. The Morgan fingerprint density at radius 2 is 1.65 bits per heavy atom. The fourth-order valence-corrected chi connectivity index (χ4v) is 2.08. The van der Waals surface area contributed by atoms with Crippen LogP contribution < -0.4 is 0 Å². The molecule has 102 valence electrons. The van der Waals surface area contributed by atoms with Gasteiger partial charge in [-0.25, -0.2) is 4.99 Å². The SMILES string of the molecule is Cc1cccc(C)c1N=C(Cl)c1ccc([N+](=O)[O-])cc1. The summed E-state index contributed by atoms with van der Waals surface area (Å²) in [4.78, 5) is 14.6. The highest BCUT2D eigenvalue weighted by molar-refractivity contribution is 6.69. The number of nitro groups is 1. The minimum absolute atomic E-state index is 0.0327. The molecule has 0 aromatic heterocycles. The average Bonchev–Trinajstić information content (AvgIpc) is 2.43. The first-order valence-corrected chi connectivity index (χ1v) is 6.42. The maximum Gasteiger partial charge on any atom is 0.269 e. The molecule has 4 nitrogen and oxygen atoms in total. The number of aliphatic imine (C=N–C) groups is 1. The molecular weight excluding hydrogens is 276 g/mol. The van der Waals surface area contributed by atoms with Gasteiger partial charge in [-0.3, -0.25) is 10.1 Å². The Balaban J connectivity index is 2.37. The van der Waals surface area contributed by atoms with Crippen molar-refractivity contribution in [2.24, 2.45) is 4.99 Å². The van der Waals surface area contributed by atoms with Crippen LogP contribution in [0.1, 0.15) is 16.7 Å². The second-order valence-electron chi connectivity index (χ2n) is 4.45. The fraction of sp³-hybridized carbons (Fsp3) is 0.133. The Hall–Kier alpha value is -2.20. The molecule has 0 aliphatic heterocycles. The van der Waals surface area contributed by atoms with Gasteiger partial charge in [0.1, 0.15) is 5.17 Å². The van der Waals surface area contributed by atoms with Crippen molar-refractivity contribution in [3.8, 4) is 0 Å². The summed E-state index contributed by atoms with van der Waals surface area (Å²) < 4.78 is 0. The van der Waals surface area contributed by atoms with Crippen molar-refractivity contribution in [2.45, 2.75) is 13.8 Å². The number of nitro benzene ring substituents is 1. The van der Waals surface area contributed by atoms with Crippen LogP contribution in [-0.2, 0) is 0 Å². The molecule has 0 aliphatic carbocycles. The second kappa shape index (κ2) is 5.84. The molecule has 2 aromatic carbocycles. The molecule has 0 radical (unpaired) electrons. The number of hydrogen-bond acceptors (Lipinski definition) is 3. The number of non-ortho nitro benzene ring substituents is 1. The summed E-state index contributed by atoms with van der Waals surface area (Å²) >= 11 is 6.20. The number of aryl methyl sites for hydroxylation is 2. The van der Waals surface area contributed by atoms with E-state index < -0.39 is 4.92 Å². The number of para-hydroxylation sites is 1. The van der Waals surface area contributed by atoms with E-state index in [4.69, 9.17) is 11.6 Å². The van der Waals surface area contributed by atoms with Crippen molar-refractivity contribution < 1.29 is 4.92 Å². The summed E-state index contributed by atoms with van der Waals surface area (Å²) in [5, 5.41) is 10.9. The first-order chi connectivity index (χ1) is 9.49. The van der Waals surface area contributed by atoms with Crippen LogP contribution in [-0.4, -0.2) is 10.1 Å². The summed E-state index contributed by atoms with van der Waals surface area (Å²) in [6.07, 6.45) is 0. The van der Waals surface area contributed by atoms with E-state index >= 15 is 0 Å². The van der Waals surface area contributed by atoms with E-state index in [0.717, 1.165) is 16.8 Å². The van der Waals surface area contributed by atoms with Crippen LogP contribution in [0.4, 0.5) is 11.4 Å². The van der Waals surface area contributed by atoms with Gasteiger partial charge in [-0.05, 0) is 37.1 Å². The highest BCUT2D eigenvalue weighted by atomic mass is 35.5. The Bertz CT molecular complexity index is 659. The van der Waals surface area contributed by atoms with Crippen molar-refractivity contribution in [3.05, 3.63) is 69.3 Å². The lowest BCUT2D eigenvalue weighted by Crippen LogP contribution is -1.93. The van der Waals surface area contributed by atoms with Gasteiger partial charge >= 0.3 is 0 Å². The number of hydrogen-bond donors (Lipinski definition) is 0. The second-order valence-corrected chi connectivity index (χ2v) is 4.81. The zero-order chi connectivity index (χ0) is 14.7. The van der Waals surface area contributed by atoms with Crippen LogP contribution in [0.3, 0.4) is 0 Å². The maximum absolute atomic E-state index is 10.6. The smallest absolute Gasteiger partial charge is 0.258 e. The summed E-state index contributed by atoms with van der Waals surface area (Å²) in [6, 6.07) is 11.9. The fourth-order valence-electron chi connectivity index (χ4n) is 1.87. The molecule has 5 heteroatoms. The predicted octanol–water partition coefficient (Wildman–Crippen LogP) is 4.53. The van der Waals surface area contributed by atoms with E-state index in [-0.39, 0.29) is 5.69 Å². The largest absolute Gasteiger partial charge is 0.269 e. The highest BCUT2D eigenvalue weighted by Gasteiger charge is 2.08. The van der Waals surface area contributed by atoms with Gasteiger partial charge in [0.05, 0.1) is 10.6 Å². The molecule has 0 amide bonds. The van der Waals surface area contributed by atoms with Crippen molar-refractivity contribution in [2.75, 3.05) is 0 Å². The Morgan fingerprint density at radius 3 is 2.15 bits per heavy atom. The summed E-state index contributed by atoms with van der Waals surface area (Å²) in [6.45, 7) is 3.93. The van der Waals surface area contributed by atoms with Gasteiger partial charge in [0.2, 0.25) is 0 Å². The van der Waals surface area contributed by atoms with Crippen LogP contribution in [0, 0.1) is 24.0 Å². The molecule has 0 aliphatic rings. The number of rotatable bonds is 3. The van der Waals surface area contributed by atoms with Crippen LogP contribution in [0.25, 0.3) is 0 Å². The molecule has 0 atom stereocenters. The number of halogens is 1. The van der Waals surface area contributed by atoms with Crippen LogP contribution in [0.5, 0.6) is 0 Å². The molecule has 2 aromatic rings. The van der Waals surface area contributed by atoms with E-state index in [0.29, 0.717) is 10.7 Å². The van der Waals surface area contributed by atoms with Gasteiger partial charge in [0.25, 0.3) is 5.69 Å². The molecule has 0 unspecified atom stereocenters. The number of nitrogens with zero attached hydrogens (tertiary/aromatic N) is 2. The third kappa shape index (κ3) is 3.03. The zero-order valence-corrected chi connectivity index (χ0v) is 11.9. The predicted molar refractivity (Wildman–Crippen MR) is 81.1 cm³/mol. The molecular formula is C15H13ClN2O2. The van der Waals surface area contributed by atoms with Gasteiger partial charge in [0, 0.05) is 17.7 Å². The van der Waals surface area contributed by atoms with Crippen LogP contribution in [0.15, 0.2) is 47.5 Å². The Labute approximate surface area is 121 Å². The standard InChI is InChI=1S/C15H13ClN2O2/c1-10-4-3-5-11(2)14(10)17-15(16)12-6-8-13(9-7-12)18(19)20/h3-9H,1-2H3. The third-order valence-corrected chi connectivity index (χ3v) is 3.27. The molecule has 0 saturated heterocycles. The van der Waals surface area contributed by atoms with Crippen molar-refractivity contribution in [1.82, 2.24) is 0 Å². The third-order valence-electron chi connectivity index (χ3n) is 2.97. The van der Waals surface area contributed by atoms with E-state index in [1.54, 1.807) is 12.1 Å². The molecule has 0 saturated carbocycles. The zero-order valence-electron chi connectivity index (χ0n) is 11.1. The summed E-state index contributed by atoms with van der Waals surface area (Å²) in [7, 11) is 0.